The standard InChI is InChI=1S/C30H45ClN2O5/c1-20(2)22(15-21-11-12-27(37-6)28(16-21)38-14-8-13-36-5)17-25(32)26(34)19-33-29(35)30(3,4)23-9-7-10-24(31)18-23/h7,9-12,16,18,20,22,25-26,34H,8,13-15,17,19,32H2,1-6H3,(H,33,35). The van der Waals surface area contributed by atoms with E-state index >= 15 is 0 Å². The van der Waals surface area contributed by atoms with Gasteiger partial charge in [-0.1, -0.05) is 43.6 Å². The van der Waals surface area contributed by atoms with Gasteiger partial charge in [0.1, 0.15) is 0 Å². The summed E-state index contributed by atoms with van der Waals surface area (Å²) in [6, 6.07) is 12.7. The molecule has 2 aromatic rings. The van der Waals surface area contributed by atoms with E-state index in [9.17, 15) is 9.90 Å². The van der Waals surface area contributed by atoms with Gasteiger partial charge in [0.25, 0.3) is 0 Å². The maximum atomic E-state index is 12.9. The number of nitrogens with one attached hydrogen (secondary N) is 1. The van der Waals surface area contributed by atoms with E-state index in [1.54, 1.807) is 26.4 Å². The molecule has 3 atom stereocenters. The van der Waals surface area contributed by atoms with Crippen LogP contribution in [0.3, 0.4) is 0 Å². The molecule has 0 bridgehead atoms. The topological polar surface area (TPSA) is 103 Å². The van der Waals surface area contributed by atoms with E-state index in [4.69, 9.17) is 31.5 Å². The van der Waals surface area contributed by atoms with Crippen molar-refractivity contribution in [1.29, 1.82) is 0 Å². The highest BCUT2D eigenvalue weighted by molar-refractivity contribution is 6.30. The number of hydrogen-bond acceptors (Lipinski definition) is 6. The van der Waals surface area contributed by atoms with E-state index in [1.807, 2.05) is 44.2 Å². The average molecular weight is 549 g/mol. The fourth-order valence-corrected chi connectivity index (χ4v) is 4.52. The molecule has 3 unspecified atom stereocenters. The van der Waals surface area contributed by atoms with Crippen molar-refractivity contribution in [2.45, 2.75) is 64.5 Å². The summed E-state index contributed by atoms with van der Waals surface area (Å²) in [5.74, 6) is 1.78. The third-order valence-electron chi connectivity index (χ3n) is 7.07. The first kappa shape index (κ1) is 31.9. The van der Waals surface area contributed by atoms with E-state index in [-0.39, 0.29) is 18.4 Å². The smallest absolute Gasteiger partial charge is 0.230 e. The molecule has 0 radical (unpaired) electrons. The normalized spacial score (nSPS) is 14.2. The molecule has 0 aliphatic heterocycles. The molecule has 0 aliphatic rings. The molecule has 1 amide bonds. The summed E-state index contributed by atoms with van der Waals surface area (Å²) in [4.78, 5) is 12.9. The van der Waals surface area contributed by atoms with Crippen molar-refractivity contribution in [2.75, 3.05) is 34.0 Å². The molecular formula is C30H45ClN2O5. The van der Waals surface area contributed by atoms with Crippen molar-refractivity contribution >= 4 is 17.5 Å². The fourth-order valence-electron chi connectivity index (χ4n) is 4.32. The molecule has 0 aromatic heterocycles. The lowest BCUT2D eigenvalue weighted by Crippen LogP contribution is -2.48. The number of nitrogens with two attached hydrogens (primary N) is 1. The minimum absolute atomic E-state index is 0.0802. The number of amides is 1. The van der Waals surface area contributed by atoms with Gasteiger partial charge in [0, 0.05) is 37.7 Å². The van der Waals surface area contributed by atoms with E-state index in [0.717, 1.165) is 24.0 Å². The van der Waals surface area contributed by atoms with Crippen molar-refractivity contribution in [3.63, 3.8) is 0 Å². The molecule has 0 aliphatic carbocycles. The Bertz CT molecular complexity index is 1010. The molecular weight excluding hydrogens is 504 g/mol. The van der Waals surface area contributed by atoms with Crippen LogP contribution in [0.4, 0.5) is 0 Å². The Morgan fingerprint density at radius 2 is 1.84 bits per heavy atom. The highest BCUT2D eigenvalue weighted by Gasteiger charge is 2.31. The second-order valence-corrected chi connectivity index (χ2v) is 11.1. The van der Waals surface area contributed by atoms with Crippen LogP contribution in [0.5, 0.6) is 11.5 Å². The van der Waals surface area contributed by atoms with E-state index in [2.05, 4.69) is 19.2 Å². The second-order valence-electron chi connectivity index (χ2n) is 10.7. The summed E-state index contributed by atoms with van der Waals surface area (Å²) in [7, 11) is 3.30. The summed E-state index contributed by atoms with van der Waals surface area (Å²) >= 11 is 6.11. The predicted octanol–water partition coefficient (Wildman–Crippen LogP) is 4.75. The van der Waals surface area contributed by atoms with Crippen molar-refractivity contribution < 1.29 is 24.1 Å². The maximum Gasteiger partial charge on any atom is 0.230 e. The molecule has 8 heteroatoms. The Morgan fingerprint density at radius 1 is 1.11 bits per heavy atom. The summed E-state index contributed by atoms with van der Waals surface area (Å²) < 4.78 is 16.5. The second kappa shape index (κ2) is 15.3. The van der Waals surface area contributed by atoms with Gasteiger partial charge in [0.05, 0.1) is 25.2 Å². The van der Waals surface area contributed by atoms with E-state index < -0.39 is 17.6 Å². The third-order valence-corrected chi connectivity index (χ3v) is 7.31. The highest BCUT2D eigenvalue weighted by atomic mass is 35.5. The zero-order valence-corrected chi connectivity index (χ0v) is 24.4. The Morgan fingerprint density at radius 3 is 2.47 bits per heavy atom. The van der Waals surface area contributed by atoms with Crippen LogP contribution in [0.15, 0.2) is 42.5 Å². The summed E-state index contributed by atoms with van der Waals surface area (Å²) in [5, 5.41) is 14.2. The number of benzene rings is 2. The number of ether oxygens (including phenoxy) is 3. The highest BCUT2D eigenvalue weighted by Crippen LogP contribution is 2.31. The third kappa shape index (κ3) is 9.45. The van der Waals surface area contributed by atoms with Crippen LogP contribution in [-0.4, -0.2) is 57.1 Å². The van der Waals surface area contributed by atoms with Crippen LogP contribution in [-0.2, 0) is 21.4 Å². The van der Waals surface area contributed by atoms with Gasteiger partial charge in [-0.2, -0.15) is 0 Å². The van der Waals surface area contributed by atoms with Gasteiger partial charge in [0.15, 0.2) is 11.5 Å². The van der Waals surface area contributed by atoms with Crippen molar-refractivity contribution in [3.05, 3.63) is 58.6 Å². The van der Waals surface area contributed by atoms with Crippen LogP contribution < -0.4 is 20.5 Å². The molecule has 7 nitrogen and oxygen atoms in total. The van der Waals surface area contributed by atoms with Crippen molar-refractivity contribution in [1.82, 2.24) is 5.32 Å². The van der Waals surface area contributed by atoms with Crippen molar-refractivity contribution in [3.8, 4) is 11.5 Å². The van der Waals surface area contributed by atoms with Gasteiger partial charge in [-0.15, -0.1) is 0 Å². The first-order valence-electron chi connectivity index (χ1n) is 13.3. The average Bonchev–Trinajstić information content (AvgIpc) is 2.89. The molecule has 0 saturated heterocycles. The van der Waals surface area contributed by atoms with Crippen LogP contribution in [0.2, 0.25) is 5.02 Å². The fraction of sp³-hybridized carbons (Fsp3) is 0.567. The van der Waals surface area contributed by atoms with Crippen LogP contribution in [0.25, 0.3) is 0 Å². The number of aliphatic hydroxyl groups is 1. The zero-order valence-electron chi connectivity index (χ0n) is 23.6. The SMILES string of the molecule is COCCCOc1cc(CC(CC(N)C(O)CNC(=O)C(C)(C)c2cccc(Cl)c2)C(C)C)ccc1OC. The van der Waals surface area contributed by atoms with Crippen molar-refractivity contribution in [2.24, 2.45) is 17.6 Å². The Hall–Kier alpha value is -2.32. The van der Waals surface area contributed by atoms with E-state index in [1.165, 1.54) is 0 Å². The number of hydrogen-bond donors (Lipinski definition) is 3. The van der Waals surface area contributed by atoms with Crippen LogP contribution >= 0.6 is 11.6 Å². The number of methoxy groups -OCH3 is 2. The first-order valence-corrected chi connectivity index (χ1v) is 13.6. The Balaban J connectivity index is 1.98. The lowest BCUT2D eigenvalue weighted by molar-refractivity contribution is -0.126. The molecule has 2 rings (SSSR count). The van der Waals surface area contributed by atoms with Gasteiger partial charge in [0.2, 0.25) is 5.91 Å². The van der Waals surface area contributed by atoms with Crippen LogP contribution in [0, 0.1) is 11.8 Å². The lowest BCUT2D eigenvalue weighted by Gasteiger charge is -2.29. The van der Waals surface area contributed by atoms with E-state index in [0.29, 0.717) is 42.1 Å². The van der Waals surface area contributed by atoms with Gasteiger partial charge in [-0.05, 0) is 73.9 Å². The number of carbonyl (C=O) groups excluding carboxylic acids is 1. The van der Waals surface area contributed by atoms with Gasteiger partial charge in [-0.25, -0.2) is 0 Å². The largest absolute Gasteiger partial charge is 0.493 e. The molecule has 38 heavy (non-hydrogen) atoms. The summed E-state index contributed by atoms with van der Waals surface area (Å²) in [6.07, 6.45) is 1.32. The summed E-state index contributed by atoms with van der Waals surface area (Å²) in [5.41, 5.74) is 7.55. The maximum absolute atomic E-state index is 12.9. The van der Waals surface area contributed by atoms with Gasteiger partial charge >= 0.3 is 0 Å². The van der Waals surface area contributed by atoms with Gasteiger partial charge < -0.3 is 30.4 Å². The minimum atomic E-state index is -0.870. The number of halogens is 1. The molecule has 0 spiro atoms. The molecule has 0 saturated carbocycles. The van der Waals surface area contributed by atoms with Gasteiger partial charge in [-0.3, -0.25) is 4.79 Å². The lowest BCUT2D eigenvalue weighted by atomic mass is 9.82. The number of rotatable bonds is 16. The molecule has 212 valence electrons. The summed E-state index contributed by atoms with van der Waals surface area (Å²) in [6.45, 7) is 9.24. The van der Waals surface area contributed by atoms with Crippen LogP contribution in [0.1, 0.15) is 51.7 Å². The monoisotopic (exact) mass is 548 g/mol. The Kier molecular flexibility index (Phi) is 12.9. The molecule has 0 fully saturated rings. The molecule has 0 heterocycles. The first-order chi connectivity index (χ1) is 18.0. The Labute approximate surface area is 233 Å². The number of carbonyl (C=O) groups is 1. The quantitative estimate of drug-likeness (QED) is 0.262. The minimum Gasteiger partial charge on any atom is -0.493 e. The molecule has 2 aromatic carbocycles. The zero-order chi connectivity index (χ0) is 28.3. The molecule has 4 N–H and O–H groups in total. The predicted molar refractivity (Wildman–Crippen MR) is 153 cm³/mol. The number of aliphatic hydroxyl groups excluding tert-OH is 1.